The number of hydrogen-bond acceptors (Lipinski definition) is 4. The number of hydrogen-bond donors (Lipinski definition) is 1. The first-order chi connectivity index (χ1) is 9.52. The van der Waals surface area contributed by atoms with Crippen LogP contribution in [-0.2, 0) is 0 Å². The van der Waals surface area contributed by atoms with Gasteiger partial charge in [0, 0.05) is 46.0 Å². The Labute approximate surface area is 119 Å². The van der Waals surface area contributed by atoms with Gasteiger partial charge in [-0.15, -0.1) is 0 Å². The molecule has 0 unspecified atom stereocenters. The molecular weight excluding hydrogens is 254 g/mol. The summed E-state index contributed by atoms with van der Waals surface area (Å²) in [6.07, 6.45) is 0. The normalized spacial score (nSPS) is 14.8. The summed E-state index contributed by atoms with van der Waals surface area (Å²) in [5.74, 6) is 0. The van der Waals surface area contributed by atoms with E-state index in [1.807, 2.05) is 11.0 Å². The highest BCUT2D eigenvalue weighted by Gasteiger charge is 2.23. The monoisotopic (exact) mass is 273 g/mol. The third-order valence-corrected chi connectivity index (χ3v) is 3.41. The van der Waals surface area contributed by atoms with Crippen molar-refractivity contribution in [1.29, 1.82) is 5.26 Å². The van der Waals surface area contributed by atoms with E-state index in [9.17, 15) is 10.1 Å². The first-order valence-corrected chi connectivity index (χ1v) is 6.53. The van der Waals surface area contributed by atoms with Crippen LogP contribution in [0.15, 0.2) is 18.2 Å². The van der Waals surface area contributed by atoms with Gasteiger partial charge in [-0.2, -0.15) is 5.26 Å². The van der Waals surface area contributed by atoms with Crippen LogP contribution < -0.4 is 10.6 Å². The van der Waals surface area contributed by atoms with Crippen LogP contribution >= 0.6 is 0 Å². The van der Waals surface area contributed by atoms with Gasteiger partial charge >= 0.3 is 6.03 Å². The standard InChI is InChI=1S/C14H19N5O/c1-17(2)14(20)19-7-5-18(6-8-19)13-4-3-12(16)9-11(13)10-15/h3-4,9H,5-8,16H2,1-2H3. The molecule has 0 radical (unpaired) electrons. The molecule has 106 valence electrons. The summed E-state index contributed by atoms with van der Waals surface area (Å²) in [5.41, 5.74) is 7.76. The Kier molecular flexibility index (Phi) is 3.99. The van der Waals surface area contributed by atoms with Crippen molar-refractivity contribution in [2.75, 3.05) is 50.9 Å². The Morgan fingerprint density at radius 1 is 1.30 bits per heavy atom. The van der Waals surface area contributed by atoms with Gasteiger partial charge in [-0.1, -0.05) is 0 Å². The van der Waals surface area contributed by atoms with Crippen molar-refractivity contribution in [3.05, 3.63) is 23.8 Å². The molecule has 1 aliphatic heterocycles. The molecule has 0 aromatic heterocycles. The fraction of sp³-hybridized carbons (Fsp3) is 0.429. The van der Waals surface area contributed by atoms with E-state index in [4.69, 9.17) is 5.73 Å². The van der Waals surface area contributed by atoms with E-state index in [1.165, 1.54) is 0 Å². The van der Waals surface area contributed by atoms with Crippen LogP contribution in [0, 0.1) is 11.3 Å². The average molecular weight is 273 g/mol. The maximum absolute atomic E-state index is 11.9. The molecule has 1 fully saturated rings. The number of rotatable bonds is 1. The smallest absolute Gasteiger partial charge is 0.319 e. The average Bonchev–Trinajstić information content (AvgIpc) is 2.46. The highest BCUT2D eigenvalue weighted by atomic mass is 16.2. The summed E-state index contributed by atoms with van der Waals surface area (Å²) in [7, 11) is 3.50. The molecule has 1 heterocycles. The van der Waals surface area contributed by atoms with Crippen LogP contribution in [0.3, 0.4) is 0 Å². The number of nitrogens with two attached hydrogens (primary N) is 1. The predicted octanol–water partition coefficient (Wildman–Crippen LogP) is 0.944. The molecule has 1 aromatic carbocycles. The van der Waals surface area contributed by atoms with Crippen molar-refractivity contribution in [2.45, 2.75) is 0 Å². The summed E-state index contributed by atoms with van der Waals surface area (Å²) >= 11 is 0. The largest absolute Gasteiger partial charge is 0.399 e. The molecule has 0 spiro atoms. The number of urea groups is 1. The second-order valence-electron chi connectivity index (χ2n) is 5.04. The zero-order chi connectivity index (χ0) is 14.7. The molecule has 6 nitrogen and oxygen atoms in total. The van der Waals surface area contributed by atoms with E-state index >= 15 is 0 Å². The van der Waals surface area contributed by atoms with Gasteiger partial charge in [0.25, 0.3) is 0 Å². The van der Waals surface area contributed by atoms with E-state index in [0.717, 1.165) is 18.8 Å². The van der Waals surface area contributed by atoms with Crippen molar-refractivity contribution in [1.82, 2.24) is 9.80 Å². The van der Waals surface area contributed by atoms with E-state index in [2.05, 4.69) is 11.0 Å². The second-order valence-corrected chi connectivity index (χ2v) is 5.04. The first kappa shape index (κ1) is 14.0. The van der Waals surface area contributed by atoms with E-state index in [0.29, 0.717) is 24.3 Å². The zero-order valence-electron chi connectivity index (χ0n) is 11.8. The fourth-order valence-electron chi connectivity index (χ4n) is 2.34. The molecule has 0 bridgehead atoms. The molecule has 1 saturated heterocycles. The van der Waals surface area contributed by atoms with Crippen LogP contribution in [0.5, 0.6) is 0 Å². The van der Waals surface area contributed by atoms with Gasteiger partial charge in [-0.3, -0.25) is 0 Å². The number of piperazine rings is 1. The third-order valence-electron chi connectivity index (χ3n) is 3.41. The lowest BCUT2D eigenvalue weighted by Crippen LogP contribution is -2.51. The maximum atomic E-state index is 11.9. The minimum absolute atomic E-state index is 0.0301. The summed E-state index contributed by atoms with van der Waals surface area (Å²) in [5, 5.41) is 9.18. The Bertz CT molecular complexity index is 541. The van der Waals surface area contributed by atoms with Crippen molar-refractivity contribution in [3.8, 4) is 6.07 Å². The Balaban J connectivity index is 2.08. The Morgan fingerprint density at radius 2 is 1.95 bits per heavy atom. The van der Waals surface area contributed by atoms with Crippen LogP contribution in [0.25, 0.3) is 0 Å². The maximum Gasteiger partial charge on any atom is 0.319 e. The van der Waals surface area contributed by atoms with Gasteiger partial charge in [-0.25, -0.2) is 4.79 Å². The summed E-state index contributed by atoms with van der Waals surface area (Å²) in [6, 6.07) is 7.56. The number of anilines is 2. The van der Waals surface area contributed by atoms with Crippen LogP contribution in [0.1, 0.15) is 5.56 Å². The minimum Gasteiger partial charge on any atom is -0.399 e. The molecule has 20 heavy (non-hydrogen) atoms. The third kappa shape index (κ3) is 2.77. The molecule has 6 heteroatoms. The highest BCUT2D eigenvalue weighted by Crippen LogP contribution is 2.23. The van der Waals surface area contributed by atoms with Gasteiger partial charge in [0.15, 0.2) is 0 Å². The van der Waals surface area contributed by atoms with E-state index < -0.39 is 0 Å². The number of carbonyl (C=O) groups excluding carboxylic acids is 1. The molecule has 0 atom stereocenters. The molecule has 2 N–H and O–H groups in total. The second kappa shape index (κ2) is 5.70. The lowest BCUT2D eigenvalue weighted by Gasteiger charge is -2.37. The van der Waals surface area contributed by atoms with Gasteiger partial charge < -0.3 is 20.4 Å². The quantitative estimate of drug-likeness (QED) is 0.773. The SMILES string of the molecule is CN(C)C(=O)N1CCN(c2ccc(N)cc2C#N)CC1. The number of carbonyl (C=O) groups is 1. The topological polar surface area (TPSA) is 76.6 Å². The minimum atomic E-state index is 0.0301. The number of nitrogen functional groups attached to an aromatic ring is 1. The van der Waals surface area contributed by atoms with Crippen molar-refractivity contribution < 1.29 is 4.79 Å². The van der Waals surface area contributed by atoms with Crippen LogP contribution in [0.2, 0.25) is 0 Å². The predicted molar refractivity (Wildman–Crippen MR) is 78.4 cm³/mol. The fourth-order valence-corrected chi connectivity index (χ4v) is 2.34. The molecule has 0 aliphatic carbocycles. The van der Waals surface area contributed by atoms with Crippen LogP contribution in [0.4, 0.5) is 16.2 Å². The highest BCUT2D eigenvalue weighted by molar-refractivity contribution is 5.74. The summed E-state index contributed by atoms with van der Waals surface area (Å²) < 4.78 is 0. The lowest BCUT2D eigenvalue weighted by molar-refractivity contribution is 0.168. The molecular formula is C14H19N5O. The molecule has 0 saturated carbocycles. The van der Waals surface area contributed by atoms with Crippen molar-refractivity contribution >= 4 is 17.4 Å². The molecule has 2 amide bonds. The number of nitriles is 1. The van der Waals surface area contributed by atoms with Crippen molar-refractivity contribution in [2.24, 2.45) is 0 Å². The summed E-state index contributed by atoms with van der Waals surface area (Å²) in [4.78, 5) is 17.4. The number of benzene rings is 1. The van der Waals surface area contributed by atoms with Gasteiger partial charge in [-0.05, 0) is 18.2 Å². The lowest BCUT2D eigenvalue weighted by atomic mass is 10.1. The Morgan fingerprint density at radius 3 is 2.50 bits per heavy atom. The number of nitrogens with zero attached hydrogens (tertiary/aromatic N) is 4. The van der Waals surface area contributed by atoms with E-state index in [-0.39, 0.29) is 6.03 Å². The molecule has 1 aliphatic rings. The van der Waals surface area contributed by atoms with Gasteiger partial charge in [0.2, 0.25) is 0 Å². The first-order valence-electron chi connectivity index (χ1n) is 6.53. The van der Waals surface area contributed by atoms with Crippen molar-refractivity contribution in [3.63, 3.8) is 0 Å². The molecule has 2 rings (SSSR count). The van der Waals surface area contributed by atoms with E-state index in [1.54, 1.807) is 31.1 Å². The van der Waals surface area contributed by atoms with Gasteiger partial charge in [0.1, 0.15) is 6.07 Å². The van der Waals surface area contributed by atoms with Crippen LogP contribution in [-0.4, -0.2) is 56.1 Å². The molecule has 1 aromatic rings. The number of amides is 2. The summed E-state index contributed by atoms with van der Waals surface area (Å²) in [6.45, 7) is 2.76. The Hall–Kier alpha value is -2.42. The zero-order valence-corrected chi connectivity index (χ0v) is 11.8. The van der Waals surface area contributed by atoms with Gasteiger partial charge in [0.05, 0.1) is 11.3 Å².